The van der Waals surface area contributed by atoms with E-state index in [9.17, 15) is 29.1 Å². The van der Waals surface area contributed by atoms with Gasteiger partial charge >= 0.3 is 5.97 Å². The minimum absolute atomic E-state index is 0.00995. The first-order valence-electron chi connectivity index (χ1n) is 24.4. The fraction of sp³-hybridized carbons (Fsp3) is 0.509. The second-order valence-corrected chi connectivity index (χ2v) is 20.4. The van der Waals surface area contributed by atoms with Crippen LogP contribution in [-0.2, 0) is 52.8 Å². The zero-order chi connectivity index (χ0) is 49.5. The van der Waals surface area contributed by atoms with Crippen molar-refractivity contribution >= 4 is 46.2 Å². The number of aromatic hydroxyl groups is 1. The maximum absolute atomic E-state index is 14.8. The van der Waals surface area contributed by atoms with Crippen molar-refractivity contribution in [1.82, 2.24) is 35.1 Å². The van der Waals surface area contributed by atoms with Gasteiger partial charge in [-0.3, -0.25) is 34.0 Å². The Labute approximate surface area is 404 Å². The SMILES string of the molecule is C=CC(=O)N1CC[C@H](C(=O)N(C)[C@H](C(=O)N[C@H]2Cc3cc(O)cc(c3)-c3ccc4c(c3)c(c(-c3cncc5c3[C@@H](OC)CCN5C)n4CC)CC(C)(C)COC(=O)[C@@H]3CCCN(N3)C2=O)C(C)C)C1. The molecule has 16 nitrogen and oxygen atoms in total. The number of nitrogens with zero attached hydrogens (tertiary/aromatic N) is 6. The molecule has 4 amide bonds. The first-order chi connectivity index (χ1) is 32.9. The molecule has 0 saturated carbocycles. The summed E-state index contributed by atoms with van der Waals surface area (Å²) in [6.45, 7) is 16.1. The Balaban J connectivity index is 1.21. The molecule has 3 N–H and O–H groups in total. The number of hydrazine groups is 1. The fourth-order valence-electron chi connectivity index (χ4n) is 11.0. The van der Waals surface area contributed by atoms with Crippen LogP contribution in [0.2, 0.25) is 0 Å². The number of fused-ring (bicyclic) bond motifs is 7. The van der Waals surface area contributed by atoms with Gasteiger partial charge in [0.2, 0.25) is 17.7 Å². The largest absolute Gasteiger partial charge is 0.508 e. The van der Waals surface area contributed by atoms with Crippen LogP contribution >= 0.6 is 0 Å². The van der Waals surface area contributed by atoms with E-state index in [4.69, 9.17) is 14.5 Å². The predicted molar refractivity (Wildman–Crippen MR) is 264 cm³/mol. The van der Waals surface area contributed by atoms with Gasteiger partial charge in [-0.2, -0.15) is 0 Å². The number of aromatic nitrogens is 2. The van der Waals surface area contributed by atoms with Crippen LogP contribution in [-0.4, -0.2) is 131 Å². The molecule has 8 rings (SSSR count). The second kappa shape index (κ2) is 20.0. The van der Waals surface area contributed by atoms with Crippen LogP contribution in [0.3, 0.4) is 0 Å². The highest BCUT2D eigenvalue weighted by Crippen LogP contribution is 2.46. The van der Waals surface area contributed by atoms with Gasteiger partial charge in [0.05, 0.1) is 36.2 Å². The average Bonchev–Trinajstić information content (AvgIpc) is 3.95. The lowest BCUT2D eigenvalue weighted by atomic mass is 9.83. The molecular weight excluding hydrogens is 877 g/mol. The molecule has 6 heterocycles. The molecule has 6 bridgehead atoms. The number of carbonyl (C=O) groups is 5. The van der Waals surface area contributed by atoms with Crippen LogP contribution in [0.25, 0.3) is 33.3 Å². The number of rotatable bonds is 9. The minimum atomic E-state index is -1.17. The molecule has 4 aliphatic rings. The standard InChI is InChI=1S/C53H68N8O8/c1-10-45(63)59-20-16-34(29-59)50(65)58(8)47(31(3)4)49(64)55-41-23-32-21-35(24-36(62)22-32)33-14-15-42-37(25-33)38(26-53(5,6)30-69-52(67)40-13-12-18-61(56-40)51(41)66)48(60(42)11-2)39-27-54-28-43-46(39)44(68-9)17-19-57(43)7/h10,14-15,21-22,24-25,27-28,31,34,40-41,44,47,56,62H,1,11-13,16-20,23,26,29-30H2,2-9H3,(H,55,64)/t34-,40-,41-,44-,47-/m0/s1. The van der Waals surface area contributed by atoms with Gasteiger partial charge in [0.1, 0.15) is 23.9 Å². The van der Waals surface area contributed by atoms with Crippen molar-refractivity contribution < 1.29 is 38.6 Å². The third kappa shape index (κ3) is 9.83. The van der Waals surface area contributed by atoms with E-state index in [2.05, 4.69) is 66.7 Å². The van der Waals surface area contributed by atoms with Crippen molar-refractivity contribution in [2.24, 2.45) is 17.3 Å². The van der Waals surface area contributed by atoms with Gasteiger partial charge in [0.25, 0.3) is 5.91 Å². The van der Waals surface area contributed by atoms with E-state index in [1.807, 2.05) is 38.4 Å². The number of aryl methyl sites for hydroxylation is 1. The number of hydrogen-bond acceptors (Lipinski definition) is 11. The molecule has 5 atom stereocenters. The first-order valence-corrected chi connectivity index (χ1v) is 24.4. The normalized spacial score (nSPS) is 22.2. The molecule has 4 aliphatic heterocycles. The predicted octanol–water partition coefficient (Wildman–Crippen LogP) is 5.79. The number of likely N-dealkylation sites (tertiary alicyclic amines) is 1. The molecule has 368 valence electrons. The number of nitrogens with one attached hydrogen (secondary N) is 2. The summed E-state index contributed by atoms with van der Waals surface area (Å²) in [7, 11) is 5.42. The number of benzene rings is 2. The number of esters is 1. The Morgan fingerprint density at radius 2 is 1.86 bits per heavy atom. The summed E-state index contributed by atoms with van der Waals surface area (Å²) in [5.41, 5.74) is 10.9. The molecule has 0 aliphatic carbocycles. The molecule has 16 heteroatoms. The molecule has 2 saturated heterocycles. The van der Waals surface area contributed by atoms with Gasteiger partial charge in [-0.25, -0.2) is 5.43 Å². The van der Waals surface area contributed by atoms with Crippen LogP contribution in [0.15, 0.2) is 61.4 Å². The van der Waals surface area contributed by atoms with Crippen LogP contribution in [0.5, 0.6) is 5.75 Å². The van der Waals surface area contributed by atoms with Gasteiger partial charge in [-0.15, -0.1) is 0 Å². The number of cyclic esters (lactones) is 1. The Morgan fingerprint density at radius 1 is 1.07 bits per heavy atom. The number of phenols is 1. The van der Waals surface area contributed by atoms with Crippen molar-refractivity contribution in [2.45, 2.75) is 104 Å². The van der Waals surface area contributed by atoms with Crippen molar-refractivity contribution in [3.8, 4) is 28.1 Å². The number of methoxy groups -OCH3 is 1. The van der Waals surface area contributed by atoms with Gasteiger partial charge in [-0.05, 0) is 97.5 Å². The second-order valence-electron chi connectivity index (χ2n) is 20.4. The van der Waals surface area contributed by atoms with Gasteiger partial charge in [0.15, 0.2) is 0 Å². The summed E-state index contributed by atoms with van der Waals surface area (Å²) in [6.07, 6.45) is 7.69. The molecule has 2 aromatic heterocycles. The highest BCUT2D eigenvalue weighted by molar-refractivity contribution is 5.97. The van der Waals surface area contributed by atoms with Gasteiger partial charge in [0, 0.05) is 94.0 Å². The number of hydrogen-bond donors (Lipinski definition) is 3. The summed E-state index contributed by atoms with van der Waals surface area (Å²) >= 11 is 0. The van der Waals surface area contributed by atoms with Crippen LogP contribution in [0.4, 0.5) is 5.69 Å². The number of likely N-dealkylation sites (N-methyl/N-ethyl adjacent to an activating group) is 1. The number of carbonyl (C=O) groups excluding carboxylic acids is 5. The summed E-state index contributed by atoms with van der Waals surface area (Å²) in [5.74, 6) is -2.86. The quantitative estimate of drug-likeness (QED) is 0.137. The zero-order valence-corrected chi connectivity index (χ0v) is 41.3. The number of phenolic OH excluding ortho intramolecular Hbond substituents is 1. The maximum Gasteiger partial charge on any atom is 0.324 e. The van der Waals surface area contributed by atoms with E-state index in [-0.39, 0.29) is 55.7 Å². The van der Waals surface area contributed by atoms with E-state index in [0.29, 0.717) is 44.3 Å². The van der Waals surface area contributed by atoms with Crippen molar-refractivity contribution in [3.05, 3.63) is 78.1 Å². The number of amides is 4. The third-order valence-electron chi connectivity index (χ3n) is 14.5. The van der Waals surface area contributed by atoms with Crippen LogP contribution < -0.4 is 15.6 Å². The Kier molecular flexibility index (Phi) is 14.2. The summed E-state index contributed by atoms with van der Waals surface area (Å²) in [6, 6.07) is 8.58. The molecule has 4 aromatic rings. The molecular formula is C53H68N8O8. The van der Waals surface area contributed by atoms with E-state index in [0.717, 1.165) is 63.1 Å². The fourth-order valence-corrected chi connectivity index (χ4v) is 11.0. The Hall–Kier alpha value is -6.26. The first kappa shape index (κ1) is 49.2. The Morgan fingerprint density at radius 3 is 2.58 bits per heavy atom. The van der Waals surface area contributed by atoms with Crippen molar-refractivity contribution in [2.75, 3.05) is 58.9 Å². The Bertz CT molecular complexity index is 2660. The molecule has 0 radical (unpaired) electrons. The monoisotopic (exact) mass is 945 g/mol. The number of ether oxygens (including phenoxy) is 2. The summed E-state index contributed by atoms with van der Waals surface area (Å²) in [4.78, 5) is 79.7. The van der Waals surface area contributed by atoms with E-state index in [1.54, 1.807) is 31.2 Å². The molecule has 69 heavy (non-hydrogen) atoms. The molecule has 0 unspecified atom stereocenters. The van der Waals surface area contributed by atoms with Crippen LogP contribution in [0, 0.1) is 17.3 Å². The maximum atomic E-state index is 14.8. The smallest absolute Gasteiger partial charge is 0.324 e. The summed E-state index contributed by atoms with van der Waals surface area (Å²) in [5, 5.41) is 16.8. The van der Waals surface area contributed by atoms with Gasteiger partial charge < -0.3 is 39.2 Å². The van der Waals surface area contributed by atoms with E-state index in [1.165, 1.54) is 16.0 Å². The minimum Gasteiger partial charge on any atom is -0.508 e. The lowest BCUT2D eigenvalue weighted by Gasteiger charge is -2.37. The lowest BCUT2D eigenvalue weighted by molar-refractivity contribution is -0.155. The molecule has 0 spiro atoms. The number of anilines is 1. The molecule has 2 aromatic carbocycles. The van der Waals surface area contributed by atoms with E-state index >= 15 is 0 Å². The van der Waals surface area contributed by atoms with Crippen molar-refractivity contribution in [3.63, 3.8) is 0 Å². The van der Waals surface area contributed by atoms with Gasteiger partial charge in [-0.1, -0.05) is 46.4 Å². The van der Waals surface area contributed by atoms with E-state index < -0.39 is 47.2 Å². The summed E-state index contributed by atoms with van der Waals surface area (Å²) < 4.78 is 14.6. The van der Waals surface area contributed by atoms with Crippen LogP contribution in [0.1, 0.15) is 83.1 Å². The topological polar surface area (TPSA) is 179 Å². The average molecular weight is 945 g/mol. The number of pyridine rings is 1. The third-order valence-corrected chi connectivity index (χ3v) is 14.5. The van der Waals surface area contributed by atoms with Crippen molar-refractivity contribution in [1.29, 1.82) is 0 Å². The highest BCUT2D eigenvalue weighted by atomic mass is 16.5. The zero-order valence-electron chi connectivity index (χ0n) is 41.3. The highest BCUT2D eigenvalue weighted by Gasteiger charge is 2.40. The lowest BCUT2D eigenvalue weighted by Crippen LogP contribution is -2.62. The molecule has 2 fully saturated rings.